The zero-order valence-electron chi connectivity index (χ0n) is 12.0. The van der Waals surface area contributed by atoms with Crippen LogP contribution in [0.25, 0.3) is 0 Å². The van der Waals surface area contributed by atoms with E-state index < -0.39 is 0 Å². The molecule has 0 aliphatic heterocycles. The van der Waals surface area contributed by atoms with Gasteiger partial charge < -0.3 is 10.5 Å². The van der Waals surface area contributed by atoms with E-state index in [2.05, 4.69) is 39.0 Å². The van der Waals surface area contributed by atoms with Crippen LogP contribution in [-0.2, 0) is 6.42 Å². The highest BCUT2D eigenvalue weighted by Gasteiger charge is 2.36. The minimum absolute atomic E-state index is 0.242. The van der Waals surface area contributed by atoms with E-state index in [9.17, 15) is 0 Å². The van der Waals surface area contributed by atoms with Crippen molar-refractivity contribution in [2.45, 2.75) is 39.5 Å². The van der Waals surface area contributed by atoms with E-state index in [1.807, 2.05) is 0 Å². The second kappa shape index (κ2) is 4.93. The molecule has 2 unspecified atom stereocenters. The van der Waals surface area contributed by atoms with Crippen LogP contribution >= 0.6 is 0 Å². The fourth-order valence-corrected chi connectivity index (χ4v) is 3.41. The lowest BCUT2D eigenvalue weighted by atomic mass is 9.64. The number of hydrogen-bond donors (Lipinski definition) is 1. The second-order valence-electron chi connectivity index (χ2n) is 6.44. The zero-order valence-corrected chi connectivity index (χ0v) is 12.0. The van der Waals surface area contributed by atoms with Gasteiger partial charge in [-0.15, -0.1) is 0 Å². The van der Waals surface area contributed by atoms with Gasteiger partial charge in [0.1, 0.15) is 5.75 Å². The average molecular weight is 247 g/mol. The molecule has 2 atom stereocenters. The number of benzene rings is 1. The summed E-state index contributed by atoms with van der Waals surface area (Å²) in [5.74, 6) is 2.08. The van der Waals surface area contributed by atoms with Gasteiger partial charge in [-0.3, -0.25) is 0 Å². The SMILES string of the molecule is COc1ccc2c(c1)C(C(C)(C)C)C(CN)CC2. The lowest BCUT2D eigenvalue weighted by molar-refractivity contribution is 0.216. The summed E-state index contributed by atoms with van der Waals surface area (Å²) >= 11 is 0. The van der Waals surface area contributed by atoms with Crippen LogP contribution in [0.2, 0.25) is 0 Å². The number of ether oxygens (including phenoxy) is 1. The summed E-state index contributed by atoms with van der Waals surface area (Å²) in [6.45, 7) is 7.72. The van der Waals surface area contributed by atoms with Crippen molar-refractivity contribution in [3.63, 3.8) is 0 Å². The standard InChI is InChI=1S/C16H25NO/c1-16(2,3)15-12(10-17)6-5-11-7-8-13(18-4)9-14(11)15/h7-9,12,15H,5-6,10,17H2,1-4H3. The maximum Gasteiger partial charge on any atom is 0.119 e. The molecule has 100 valence electrons. The topological polar surface area (TPSA) is 35.2 Å². The fourth-order valence-electron chi connectivity index (χ4n) is 3.41. The molecule has 0 bridgehead atoms. The van der Waals surface area contributed by atoms with E-state index in [0.29, 0.717) is 11.8 Å². The van der Waals surface area contributed by atoms with Crippen LogP contribution < -0.4 is 10.5 Å². The van der Waals surface area contributed by atoms with Crippen LogP contribution in [0.3, 0.4) is 0 Å². The zero-order chi connectivity index (χ0) is 13.3. The lowest BCUT2D eigenvalue weighted by Gasteiger charge is -2.41. The summed E-state index contributed by atoms with van der Waals surface area (Å²) in [4.78, 5) is 0. The van der Waals surface area contributed by atoms with E-state index in [0.717, 1.165) is 18.7 Å². The quantitative estimate of drug-likeness (QED) is 0.870. The fraction of sp³-hybridized carbons (Fsp3) is 0.625. The average Bonchev–Trinajstić information content (AvgIpc) is 2.35. The van der Waals surface area contributed by atoms with Gasteiger partial charge in [-0.05, 0) is 59.9 Å². The molecule has 2 heteroatoms. The van der Waals surface area contributed by atoms with E-state index in [1.165, 1.54) is 17.5 Å². The van der Waals surface area contributed by atoms with Crippen LogP contribution in [0.5, 0.6) is 5.75 Å². The van der Waals surface area contributed by atoms with Gasteiger partial charge in [0.05, 0.1) is 7.11 Å². The van der Waals surface area contributed by atoms with Gasteiger partial charge in [0.15, 0.2) is 0 Å². The smallest absolute Gasteiger partial charge is 0.119 e. The van der Waals surface area contributed by atoms with Crippen molar-refractivity contribution in [3.05, 3.63) is 29.3 Å². The summed E-state index contributed by atoms with van der Waals surface area (Å²) in [6.07, 6.45) is 2.35. The Bertz CT molecular complexity index is 420. The van der Waals surface area contributed by atoms with Crippen molar-refractivity contribution >= 4 is 0 Å². The van der Waals surface area contributed by atoms with Gasteiger partial charge in [0.25, 0.3) is 0 Å². The van der Waals surface area contributed by atoms with Gasteiger partial charge in [0, 0.05) is 0 Å². The molecule has 1 aromatic carbocycles. The summed E-state index contributed by atoms with van der Waals surface area (Å²) in [5, 5.41) is 0. The number of fused-ring (bicyclic) bond motifs is 1. The third kappa shape index (κ3) is 2.39. The Hall–Kier alpha value is -1.02. The van der Waals surface area contributed by atoms with Crippen LogP contribution in [0.15, 0.2) is 18.2 Å². The van der Waals surface area contributed by atoms with Gasteiger partial charge >= 0.3 is 0 Å². The summed E-state index contributed by atoms with van der Waals surface area (Å²) in [7, 11) is 1.73. The Labute approximate surface area is 111 Å². The summed E-state index contributed by atoms with van der Waals surface area (Å²) < 4.78 is 5.38. The Morgan fingerprint density at radius 3 is 2.61 bits per heavy atom. The van der Waals surface area contributed by atoms with Gasteiger partial charge in [-0.1, -0.05) is 26.8 Å². The number of rotatable bonds is 2. The first kappa shape index (κ1) is 13.4. The molecule has 1 aromatic rings. The third-order valence-electron chi connectivity index (χ3n) is 4.18. The number of hydrogen-bond acceptors (Lipinski definition) is 2. The predicted molar refractivity (Wildman–Crippen MR) is 76.1 cm³/mol. The summed E-state index contributed by atoms with van der Waals surface area (Å²) in [6, 6.07) is 6.51. The number of aryl methyl sites for hydroxylation is 1. The minimum atomic E-state index is 0.242. The summed E-state index contributed by atoms with van der Waals surface area (Å²) in [5.41, 5.74) is 9.15. The van der Waals surface area contributed by atoms with E-state index in [1.54, 1.807) is 7.11 Å². The first-order valence-electron chi connectivity index (χ1n) is 6.84. The Kier molecular flexibility index (Phi) is 3.67. The Morgan fingerprint density at radius 2 is 2.06 bits per heavy atom. The van der Waals surface area contributed by atoms with E-state index >= 15 is 0 Å². The Morgan fingerprint density at radius 1 is 1.33 bits per heavy atom. The van der Waals surface area contributed by atoms with Crippen molar-refractivity contribution in [2.75, 3.05) is 13.7 Å². The maximum atomic E-state index is 5.99. The molecule has 0 spiro atoms. The van der Waals surface area contributed by atoms with Crippen LogP contribution in [0, 0.1) is 11.3 Å². The highest BCUT2D eigenvalue weighted by atomic mass is 16.5. The van der Waals surface area contributed by atoms with E-state index in [-0.39, 0.29) is 5.41 Å². The first-order valence-corrected chi connectivity index (χ1v) is 6.84. The van der Waals surface area contributed by atoms with Crippen molar-refractivity contribution in [1.82, 2.24) is 0 Å². The number of nitrogens with two attached hydrogens (primary N) is 1. The molecule has 0 radical (unpaired) electrons. The molecule has 1 aliphatic carbocycles. The number of methoxy groups -OCH3 is 1. The maximum absolute atomic E-state index is 5.99. The highest BCUT2D eigenvalue weighted by molar-refractivity contribution is 5.41. The molecule has 1 aliphatic rings. The highest BCUT2D eigenvalue weighted by Crippen LogP contribution is 2.47. The molecule has 0 saturated heterocycles. The largest absolute Gasteiger partial charge is 0.497 e. The molecular formula is C16H25NO. The molecule has 0 heterocycles. The molecule has 0 aromatic heterocycles. The predicted octanol–water partition coefficient (Wildman–Crippen LogP) is 3.35. The van der Waals surface area contributed by atoms with Gasteiger partial charge in [0.2, 0.25) is 0 Å². The van der Waals surface area contributed by atoms with Crippen molar-refractivity contribution < 1.29 is 4.74 Å². The van der Waals surface area contributed by atoms with Gasteiger partial charge in [-0.25, -0.2) is 0 Å². The van der Waals surface area contributed by atoms with Gasteiger partial charge in [-0.2, -0.15) is 0 Å². The van der Waals surface area contributed by atoms with E-state index in [4.69, 9.17) is 10.5 Å². The minimum Gasteiger partial charge on any atom is -0.497 e. The Balaban J connectivity index is 2.49. The molecular weight excluding hydrogens is 222 g/mol. The van der Waals surface area contributed by atoms with Crippen LogP contribution in [0.4, 0.5) is 0 Å². The van der Waals surface area contributed by atoms with Crippen molar-refractivity contribution in [1.29, 1.82) is 0 Å². The molecule has 0 saturated carbocycles. The molecule has 2 N–H and O–H groups in total. The second-order valence-corrected chi connectivity index (χ2v) is 6.44. The first-order chi connectivity index (χ1) is 8.47. The molecule has 0 amide bonds. The monoisotopic (exact) mass is 247 g/mol. The lowest BCUT2D eigenvalue weighted by Crippen LogP contribution is -2.34. The molecule has 2 rings (SSSR count). The normalized spacial score (nSPS) is 23.6. The van der Waals surface area contributed by atoms with Crippen LogP contribution in [-0.4, -0.2) is 13.7 Å². The molecule has 2 nitrogen and oxygen atoms in total. The third-order valence-corrected chi connectivity index (χ3v) is 4.18. The van der Waals surface area contributed by atoms with Crippen LogP contribution in [0.1, 0.15) is 44.2 Å². The van der Waals surface area contributed by atoms with Crippen molar-refractivity contribution in [2.24, 2.45) is 17.1 Å². The molecule has 0 fully saturated rings. The molecule has 18 heavy (non-hydrogen) atoms. The van der Waals surface area contributed by atoms with Crippen molar-refractivity contribution in [3.8, 4) is 5.75 Å².